The molecule has 2 aliphatic heterocycles. The average Bonchev–Trinajstić information content (AvgIpc) is 2.86. The van der Waals surface area contributed by atoms with Crippen molar-refractivity contribution in [2.75, 3.05) is 44.3 Å². The van der Waals surface area contributed by atoms with Crippen LogP contribution < -0.4 is 9.80 Å². The number of carbonyl (C=O) groups excluding carboxylic acids is 3. The van der Waals surface area contributed by atoms with Crippen molar-refractivity contribution < 1.29 is 19.3 Å². The number of aryl methyl sites for hydroxylation is 1. The van der Waals surface area contributed by atoms with Crippen molar-refractivity contribution in [1.29, 1.82) is 0 Å². The number of urea groups is 1. The lowest BCUT2D eigenvalue weighted by Crippen LogP contribution is -3.16. The van der Waals surface area contributed by atoms with E-state index in [2.05, 4.69) is 11.8 Å². The van der Waals surface area contributed by atoms with Crippen LogP contribution in [-0.2, 0) is 9.59 Å². The molecule has 2 saturated heterocycles. The summed E-state index contributed by atoms with van der Waals surface area (Å²) in [5.74, 6) is -1.39. The van der Waals surface area contributed by atoms with E-state index in [4.69, 9.17) is 11.6 Å². The molecule has 4 amide bonds. The van der Waals surface area contributed by atoms with Crippen LogP contribution in [0.4, 0.5) is 10.5 Å². The van der Waals surface area contributed by atoms with E-state index in [0.717, 1.165) is 53.0 Å². The summed E-state index contributed by atoms with van der Waals surface area (Å²) in [5.41, 5.74) is 2.29. The summed E-state index contributed by atoms with van der Waals surface area (Å²) in [6, 6.07) is 5.39. The van der Waals surface area contributed by atoms with Crippen molar-refractivity contribution in [3.05, 3.63) is 28.8 Å². The van der Waals surface area contributed by atoms with Gasteiger partial charge in [-0.2, -0.15) is 0 Å². The third kappa shape index (κ3) is 4.09. The van der Waals surface area contributed by atoms with Crippen LogP contribution in [0.3, 0.4) is 0 Å². The second-order valence-electron chi connectivity index (χ2n) is 7.15. The van der Waals surface area contributed by atoms with Crippen LogP contribution in [0.15, 0.2) is 18.2 Å². The molecule has 2 aliphatic rings. The fourth-order valence-electron chi connectivity index (χ4n) is 3.57. The molecule has 146 valence electrons. The van der Waals surface area contributed by atoms with Gasteiger partial charge in [-0.25, -0.2) is 9.69 Å². The van der Waals surface area contributed by atoms with Crippen molar-refractivity contribution >= 4 is 35.1 Å². The molecule has 2 fully saturated rings. The van der Waals surface area contributed by atoms with E-state index in [0.29, 0.717) is 18.0 Å². The molecular weight excluding hydrogens is 368 g/mol. The summed E-state index contributed by atoms with van der Waals surface area (Å²) in [4.78, 5) is 42.3. The Labute approximate surface area is 164 Å². The van der Waals surface area contributed by atoms with Gasteiger partial charge in [0.2, 0.25) is 0 Å². The summed E-state index contributed by atoms with van der Waals surface area (Å²) >= 11 is 6.12. The predicted molar refractivity (Wildman–Crippen MR) is 103 cm³/mol. The summed E-state index contributed by atoms with van der Waals surface area (Å²) in [6.07, 6.45) is 1.57. The van der Waals surface area contributed by atoms with Gasteiger partial charge in [0.15, 0.2) is 6.67 Å². The quantitative estimate of drug-likeness (QED) is 0.576. The Hall–Kier alpha value is -2.12. The molecule has 27 heavy (non-hydrogen) atoms. The van der Waals surface area contributed by atoms with Gasteiger partial charge in [0.25, 0.3) is 0 Å². The number of quaternary nitrogens is 1. The smallest absolute Gasteiger partial charge is 0.338 e. The van der Waals surface area contributed by atoms with Crippen LogP contribution in [0.25, 0.3) is 0 Å². The number of hydrogen-bond donors (Lipinski definition) is 1. The fraction of sp³-hybridized carbons (Fsp3) is 0.526. The maximum atomic E-state index is 12.4. The van der Waals surface area contributed by atoms with Gasteiger partial charge in [0.05, 0.1) is 26.2 Å². The fourth-order valence-corrected chi connectivity index (χ4v) is 3.74. The maximum absolute atomic E-state index is 12.4. The lowest BCUT2D eigenvalue weighted by molar-refractivity contribution is -0.907. The summed E-state index contributed by atoms with van der Waals surface area (Å²) in [7, 11) is 0. The molecule has 2 heterocycles. The zero-order valence-electron chi connectivity index (χ0n) is 15.8. The van der Waals surface area contributed by atoms with E-state index in [-0.39, 0.29) is 6.67 Å². The molecule has 1 N–H and O–H groups in total. The number of nitrogens with one attached hydrogen (secondary N) is 1. The molecule has 1 aromatic carbocycles. The number of anilines is 1. The van der Waals surface area contributed by atoms with E-state index in [1.54, 1.807) is 0 Å². The van der Waals surface area contributed by atoms with E-state index >= 15 is 0 Å². The first-order chi connectivity index (χ1) is 12.9. The highest BCUT2D eigenvalue weighted by Crippen LogP contribution is 2.24. The van der Waals surface area contributed by atoms with Crippen LogP contribution in [0.5, 0.6) is 0 Å². The molecule has 0 radical (unpaired) electrons. The SMILES string of the molecule is CCCCN1C(=O)C(=O)N(C[NH+]2CCN(c3cc(Cl)ccc3C)CC2)C1=O. The zero-order valence-corrected chi connectivity index (χ0v) is 16.6. The van der Waals surface area contributed by atoms with Crippen molar-refractivity contribution in [2.45, 2.75) is 26.7 Å². The molecule has 1 aromatic rings. The van der Waals surface area contributed by atoms with E-state index < -0.39 is 17.8 Å². The molecule has 0 saturated carbocycles. The van der Waals surface area contributed by atoms with Gasteiger partial charge in [0.1, 0.15) is 0 Å². The Morgan fingerprint density at radius 2 is 1.74 bits per heavy atom. The minimum Gasteiger partial charge on any atom is -0.360 e. The number of amides is 4. The number of benzene rings is 1. The van der Waals surface area contributed by atoms with Gasteiger partial charge in [-0.3, -0.25) is 14.5 Å². The van der Waals surface area contributed by atoms with Crippen LogP contribution in [-0.4, -0.2) is 67.0 Å². The maximum Gasteiger partial charge on any atom is 0.338 e. The van der Waals surface area contributed by atoms with Crippen molar-refractivity contribution in [3.8, 4) is 0 Å². The monoisotopic (exact) mass is 393 g/mol. The molecule has 7 nitrogen and oxygen atoms in total. The van der Waals surface area contributed by atoms with Crippen LogP contribution in [0.2, 0.25) is 5.02 Å². The third-order valence-corrected chi connectivity index (χ3v) is 5.47. The number of carbonyl (C=O) groups is 3. The number of hydrogen-bond acceptors (Lipinski definition) is 4. The summed E-state index contributed by atoms with van der Waals surface area (Å²) < 4.78 is 0. The van der Waals surface area contributed by atoms with Gasteiger partial charge in [0, 0.05) is 17.3 Å². The Kier molecular flexibility index (Phi) is 6.01. The topological polar surface area (TPSA) is 65.4 Å². The van der Waals surface area contributed by atoms with E-state index in [9.17, 15) is 14.4 Å². The van der Waals surface area contributed by atoms with Gasteiger partial charge >= 0.3 is 17.8 Å². The first-order valence-electron chi connectivity index (χ1n) is 9.44. The zero-order chi connectivity index (χ0) is 19.6. The summed E-state index contributed by atoms with van der Waals surface area (Å²) in [6.45, 7) is 7.78. The molecule has 0 aromatic heterocycles. The summed E-state index contributed by atoms with van der Waals surface area (Å²) in [5, 5.41) is 0.712. The van der Waals surface area contributed by atoms with Gasteiger partial charge in [-0.05, 0) is 31.0 Å². The van der Waals surface area contributed by atoms with E-state index in [1.165, 1.54) is 5.56 Å². The Morgan fingerprint density at radius 3 is 2.41 bits per heavy atom. The Bertz CT molecular complexity index is 746. The largest absolute Gasteiger partial charge is 0.360 e. The van der Waals surface area contributed by atoms with Gasteiger partial charge < -0.3 is 9.80 Å². The van der Waals surface area contributed by atoms with Crippen LogP contribution in [0.1, 0.15) is 25.3 Å². The molecule has 3 rings (SSSR count). The Balaban J connectivity index is 1.59. The first-order valence-corrected chi connectivity index (χ1v) is 9.82. The Morgan fingerprint density at radius 1 is 1.07 bits per heavy atom. The second kappa shape index (κ2) is 8.27. The highest BCUT2D eigenvalue weighted by Gasteiger charge is 2.45. The molecule has 0 unspecified atom stereocenters. The predicted octanol–water partition coefficient (Wildman–Crippen LogP) is 0.902. The second-order valence-corrected chi connectivity index (χ2v) is 7.59. The van der Waals surface area contributed by atoms with Gasteiger partial charge in [-0.15, -0.1) is 0 Å². The van der Waals surface area contributed by atoms with Crippen molar-refractivity contribution in [3.63, 3.8) is 0 Å². The average molecular weight is 394 g/mol. The number of imide groups is 2. The standard InChI is InChI=1S/C19H25ClN4O3/c1-3-4-7-23-17(25)18(26)24(19(23)27)13-21-8-10-22(11-9-21)16-12-15(20)6-5-14(16)2/h5-6,12H,3-4,7-11,13H2,1-2H3/p+1. The minimum absolute atomic E-state index is 0.244. The molecule has 0 atom stereocenters. The minimum atomic E-state index is -0.697. The highest BCUT2D eigenvalue weighted by molar-refractivity contribution is 6.44. The number of piperazine rings is 1. The number of rotatable bonds is 6. The number of nitrogens with zero attached hydrogens (tertiary/aromatic N) is 3. The van der Waals surface area contributed by atoms with Crippen LogP contribution >= 0.6 is 11.6 Å². The van der Waals surface area contributed by atoms with Crippen LogP contribution in [0, 0.1) is 6.92 Å². The molecular formula is C19H26ClN4O3+. The molecule has 0 aliphatic carbocycles. The molecule has 0 bridgehead atoms. The first kappa shape index (κ1) is 19.6. The number of halogens is 1. The number of unbranched alkanes of at least 4 members (excludes halogenated alkanes) is 1. The highest BCUT2D eigenvalue weighted by atomic mass is 35.5. The van der Waals surface area contributed by atoms with E-state index in [1.807, 2.05) is 25.1 Å². The van der Waals surface area contributed by atoms with Gasteiger partial charge in [-0.1, -0.05) is 31.0 Å². The molecule has 0 spiro atoms. The molecule has 8 heteroatoms. The lowest BCUT2D eigenvalue weighted by Gasteiger charge is -2.35. The third-order valence-electron chi connectivity index (χ3n) is 5.23. The normalized spacial score (nSPS) is 18.8. The van der Waals surface area contributed by atoms with Crippen molar-refractivity contribution in [2.24, 2.45) is 0 Å². The lowest BCUT2D eigenvalue weighted by atomic mass is 10.1. The van der Waals surface area contributed by atoms with Crippen molar-refractivity contribution in [1.82, 2.24) is 9.80 Å².